The smallest absolute Gasteiger partial charge is 0.377 e. The number of nitrogens with one attached hydrogen (secondary N) is 4. The molecule has 0 aromatic carbocycles. The molecule has 4 N–H and O–H groups in total. The van der Waals surface area contributed by atoms with E-state index in [-0.39, 0.29) is 11.7 Å². The Labute approximate surface area is 135 Å². The molecule has 0 aliphatic carbocycles. The second-order valence-corrected chi connectivity index (χ2v) is 7.47. The van der Waals surface area contributed by atoms with Crippen molar-refractivity contribution in [1.29, 1.82) is 0 Å². The van der Waals surface area contributed by atoms with Gasteiger partial charge in [0.05, 0.1) is 0 Å². The van der Waals surface area contributed by atoms with Gasteiger partial charge in [0.25, 0.3) is 11.8 Å². The molecule has 0 saturated heterocycles. The summed E-state index contributed by atoms with van der Waals surface area (Å²) < 4.78 is 15.9. The van der Waals surface area contributed by atoms with Gasteiger partial charge in [0, 0.05) is 41.0 Å². The van der Waals surface area contributed by atoms with Crippen LogP contribution in [0.1, 0.15) is 6.42 Å². The molecule has 0 unspecified atom stereocenters. The van der Waals surface area contributed by atoms with E-state index in [1.165, 1.54) is 28.4 Å². The summed E-state index contributed by atoms with van der Waals surface area (Å²) in [6.07, 6.45) is 0.612. The molecule has 0 saturated carbocycles. The Balaban J connectivity index is 2.36. The third-order valence-electron chi connectivity index (χ3n) is 3.08. The fourth-order valence-corrected chi connectivity index (χ4v) is 3.46. The van der Waals surface area contributed by atoms with Crippen LogP contribution in [0.5, 0.6) is 0 Å². The van der Waals surface area contributed by atoms with E-state index in [1.54, 1.807) is 0 Å². The van der Waals surface area contributed by atoms with Gasteiger partial charge in [-0.15, -0.1) is 10.2 Å². The van der Waals surface area contributed by atoms with E-state index >= 15 is 0 Å². The Morgan fingerprint density at radius 3 is 2.00 bits per heavy atom. The van der Waals surface area contributed by atoms with Crippen LogP contribution in [0.3, 0.4) is 0 Å². The van der Waals surface area contributed by atoms with Crippen molar-refractivity contribution in [2.24, 2.45) is 10.2 Å². The first kappa shape index (κ1) is 19.0. The van der Waals surface area contributed by atoms with Gasteiger partial charge in [-0.3, -0.25) is 20.4 Å². The van der Waals surface area contributed by atoms with Crippen LogP contribution in [0.15, 0.2) is 10.2 Å². The first-order valence-electron chi connectivity index (χ1n) is 6.85. The molecule has 11 nitrogen and oxygen atoms in total. The number of hydrazone groups is 2. The van der Waals surface area contributed by atoms with E-state index < -0.39 is 20.6 Å². The summed E-state index contributed by atoms with van der Waals surface area (Å²) in [5.74, 6) is -0.955. The standard InChI is InChI=1S/C11H22N6O5Si/c1-12-10(18)8-14-16-9(17-15-8)11(19)13-6-5-7-23(20-2,21-3)22-4/h5-7H2,1-4H3,(H,12,18)(H,13,19)(H,14,15)(H,16,17). The number of likely N-dealkylation sites (N-methyl/N-ethyl adjacent to an activating group) is 1. The zero-order chi connectivity index (χ0) is 17.3. The van der Waals surface area contributed by atoms with Crippen molar-refractivity contribution in [2.75, 3.05) is 34.9 Å². The van der Waals surface area contributed by atoms with E-state index in [0.29, 0.717) is 19.0 Å². The largest absolute Gasteiger partial charge is 0.500 e. The molecular weight excluding hydrogens is 324 g/mol. The Bertz CT molecular complexity index is 485. The van der Waals surface area contributed by atoms with E-state index in [4.69, 9.17) is 13.3 Å². The van der Waals surface area contributed by atoms with Crippen LogP contribution in [0.2, 0.25) is 6.04 Å². The average molecular weight is 346 g/mol. The summed E-state index contributed by atoms with van der Waals surface area (Å²) in [7, 11) is 3.43. The number of hydrogen-bond donors (Lipinski definition) is 4. The third-order valence-corrected chi connectivity index (χ3v) is 5.91. The minimum atomic E-state index is -2.63. The molecule has 0 radical (unpaired) electrons. The summed E-state index contributed by atoms with van der Waals surface area (Å²) in [6.45, 7) is 0.385. The van der Waals surface area contributed by atoms with Crippen molar-refractivity contribution < 1.29 is 22.9 Å². The fourth-order valence-electron chi connectivity index (χ4n) is 1.74. The second kappa shape index (κ2) is 9.19. The molecule has 130 valence electrons. The first-order valence-corrected chi connectivity index (χ1v) is 8.78. The van der Waals surface area contributed by atoms with Crippen molar-refractivity contribution in [3.63, 3.8) is 0 Å². The summed E-state index contributed by atoms with van der Waals surface area (Å²) in [5.41, 5.74) is 4.80. The molecule has 1 aliphatic heterocycles. The molecule has 0 bridgehead atoms. The number of hydrogen-bond acceptors (Lipinski definition) is 9. The maximum absolute atomic E-state index is 11.9. The van der Waals surface area contributed by atoms with Crippen molar-refractivity contribution in [2.45, 2.75) is 12.5 Å². The molecule has 12 heteroatoms. The molecule has 1 aliphatic rings. The lowest BCUT2D eigenvalue weighted by molar-refractivity contribution is -0.116. The quantitative estimate of drug-likeness (QED) is 0.278. The van der Waals surface area contributed by atoms with Gasteiger partial charge in [0.15, 0.2) is 0 Å². The number of nitrogens with zero attached hydrogens (tertiary/aromatic N) is 2. The lowest BCUT2D eigenvalue weighted by Crippen LogP contribution is -2.47. The van der Waals surface area contributed by atoms with Crippen LogP contribution in [0.4, 0.5) is 0 Å². The SMILES string of the molecule is CNC(=O)C1=NNC(C(=O)NCCC[Si](OC)(OC)OC)=NN1. The molecule has 0 spiro atoms. The maximum Gasteiger partial charge on any atom is 0.500 e. The predicted octanol–water partition coefficient (Wildman–Crippen LogP) is -2.06. The summed E-state index contributed by atoms with van der Waals surface area (Å²) in [4.78, 5) is 23.2. The summed E-state index contributed by atoms with van der Waals surface area (Å²) >= 11 is 0. The van der Waals surface area contributed by atoms with E-state index in [2.05, 4.69) is 31.7 Å². The van der Waals surface area contributed by atoms with Crippen molar-refractivity contribution in [1.82, 2.24) is 21.5 Å². The van der Waals surface area contributed by atoms with Gasteiger partial charge in [0.2, 0.25) is 11.7 Å². The number of carbonyl (C=O) groups excluding carboxylic acids is 2. The molecule has 0 fully saturated rings. The zero-order valence-corrected chi connectivity index (χ0v) is 14.6. The highest BCUT2D eigenvalue weighted by Gasteiger charge is 2.36. The van der Waals surface area contributed by atoms with Crippen LogP contribution in [0, 0.1) is 0 Å². The Morgan fingerprint density at radius 2 is 1.57 bits per heavy atom. The first-order chi connectivity index (χ1) is 11.0. The zero-order valence-electron chi connectivity index (χ0n) is 13.6. The van der Waals surface area contributed by atoms with Gasteiger partial charge in [-0.25, -0.2) is 0 Å². The van der Waals surface area contributed by atoms with Crippen LogP contribution < -0.4 is 21.5 Å². The average Bonchev–Trinajstić information content (AvgIpc) is 2.61. The minimum Gasteiger partial charge on any atom is -0.377 e. The van der Waals surface area contributed by atoms with Crippen LogP contribution >= 0.6 is 0 Å². The van der Waals surface area contributed by atoms with Gasteiger partial charge >= 0.3 is 8.80 Å². The summed E-state index contributed by atoms with van der Waals surface area (Å²) in [6, 6.07) is 0.563. The molecule has 1 rings (SSSR count). The molecule has 0 aromatic heterocycles. The van der Waals surface area contributed by atoms with Gasteiger partial charge < -0.3 is 23.9 Å². The minimum absolute atomic E-state index is 0.0277. The molecule has 1 heterocycles. The number of carbonyl (C=O) groups is 2. The second-order valence-electron chi connectivity index (χ2n) is 4.38. The van der Waals surface area contributed by atoms with Gasteiger partial charge in [-0.2, -0.15) is 0 Å². The maximum atomic E-state index is 11.9. The summed E-state index contributed by atoms with van der Waals surface area (Å²) in [5, 5.41) is 12.5. The van der Waals surface area contributed by atoms with Crippen LogP contribution in [-0.2, 0) is 22.9 Å². The van der Waals surface area contributed by atoms with Gasteiger partial charge in [-0.1, -0.05) is 0 Å². The third kappa shape index (κ3) is 5.28. The van der Waals surface area contributed by atoms with E-state index in [1.807, 2.05) is 0 Å². The van der Waals surface area contributed by atoms with Crippen molar-refractivity contribution in [3.05, 3.63) is 0 Å². The van der Waals surface area contributed by atoms with E-state index in [0.717, 1.165) is 0 Å². The highest BCUT2D eigenvalue weighted by Crippen LogP contribution is 2.14. The molecule has 0 aromatic rings. The number of amides is 2. The van der Waals surface area contributed by atoms with Gasteiger partial charge in [0.1, 0.15) is 0 Å². The molecule has 2 amide bonds. The highest BCUT2D eigenvalue weighted by atomic mass is 28.4. The molecular formula is C11H22N6O5Si. The highest BCUT2D eigenvalue weighted by molar-refractivity contribution is 6.60. The monoisotopic (exact) mass is 346 g/mol. The lowest BCUT2D eigenvalue weighted by atomic mass is 10.4. The van der Waals surface area contributed by atoms with Gasteiger partial charge in [-0.05, 0) is 6.42 Å². The molecule has 0 atom stereocenters. The van der Waals surface area contributed by atoms with Crippen LogP contribution in [0.25, 0.3) is 0 Å². The number of amidine groups is 2. The molecule has 23 heavy (non-hydrogen) atoms. The van der Waals surface area contributed by atoms with Crippen molar-refractivity contribution in [3.8, 4) is 0 Å². The predicted molar refractivity (Wildman–Crippen MR) is 84.4 cm³/mol. The Kier molecular flexibility index (Phi) is 7.60. The lowest BCUT2D eigenvalue weighted by Gasteiger charge is -2.24. The number of rotatable bonds is 9. The normalized spacial score (nSPS) is 14.1. The Hall–Kier alpha value is -2.02. The topological polar surface area (TPSA) is 135 Å². The van der Waals surface area contributed by atoms with Crippen LogP contribution in [-0.4, -0.2) is 67.2 Å². The fraction of sp³-hybridized carbons (Fsp3) is 0.636. The Morgan fingerprint density at radius 1 is 1.04 bits per heavy atom. The van der Waals surface area contributed by atoms with Crippen molar-refractivity contribution >= 4 is 32.3 Å². The van der Waals surface area contributed by atoms with E-state index in [9.17, 15) is 9.59 Å².